The number of aromatic nitrogens is 1. The van der Waals surface area contributed by atoms with Crippen LogP contribution in [-0.2, 0) is 6.54 Å². The summed E-state index contributed by atoms with van der Waals surface area (Å²) in [6.45, 7) is 0.334. The van der Waals surface area contributed by atoms with Gasteiger partial charge in [0, 0.05) is 11.9 Å². The van der Waals surface area contributed by atoms with E-state index in [2.05, 4.69) is 16.4 Å². The van der Waals surface area contributed by atoms with Crippen LogP contribution in [0.1, 0.15) is 21.5 Å². The van der Waals surface area contributed by atoms with Crippen LogP contribution >= 0.6 is 0 Å². The van der Waals surface area contributed by atoms with E-state index in [4.69, 9.17) is 9.68 Å². The third-order valence-electron chi connectivity index (χ3n) is 4.24. The molecule has 0 unspecified atom stereocenters. The predicted molar refractivity (Wildman–Crippen MR) is 102 cm³/mol. The van der Waals surface area contributed by atoms with Crippen molar-refractivity contribution in [3.05, 3.63) is 89.7 Å². The zero-order chi connectivity index (χ0) is 18.6. The van der Waals surface area contributed by atoms with Gasteiger partial charge in [-0.1, -0.05) is 30.3 Å². The van der Waals surface area contributed by atoms with Crippen molar-refractivity contribution in [1.82, 2.24) is 10.3 Å². The highest BCUT2D eigenvalue weighted by Crippen LogP contribution is 2.25. The second-order valence-corrected chi connectivity index (χ2v) is 6.04. The van der Waals surface area contributed by atoms with Gasteiger partial charge in [-0.25, -0.2) is 4.98 Å². The maximum Gasteiger partial charge on any atom is 0.252 e. The first-order valence-electron chi connectivity index (χ1n) is 8.45. The first kappa shape index (κ1) is 16.6. The van der Waals surface area contributed by atoms with Crippen LogP contribution in [0, 0.1) is 11.3 Å². The zero-order valence-electron chi connectivity index (χ0n) is 14.3. The minimum atomic E-state index is -0.205. The molecule has 0 bridgehead atoms. The number of hydrogen-bond acceptors (Lipinski definition) is 4. The minimum Gasteiger partial charge on any atom is -0.463 e. The van der Waals surface area contributed by atoms with Crippen molar-refractivity contribution in [2.24, 2.45) is 0 Å². The summed E-state index contributed by atoms with van der Waals surface area (Å²) < 4.78 is 5.43. The van der Waals surface area contributed by atoms with Crippen molar-refractivity contribution in [1.29, 1.82) is 5.26 Å². The fourth-order valence-corrected chi connectivity index (χ4v) is 2.94. The van der Waals surface area contributed by atoms with Gasteiger partial charge in [0.05, 0.1) is 29.0 Å². The van der Waals surface area contributed by atoms with E-state index in [9.17, 15) is 4.79 Å². The molecule has 0 aliphatic carbocycles. The molecule has 1 N–H and O–H groups in total. The van der Waals surface area contributed by atoms with Gasteiger partial charge in [-0.2, -0.15) is 5.26 Å². The van der Waals surface area contributed by atoms with Crippen molar-refractivity contribution >= 4 is 16.8 Å². The molecule has 4 aromatic rings. The van der Waals surface area contributed by atoms with Crippen LogP contribution in [0.3, 0.4) is 0 Å². The Morgan fingerprint density at radius 3 is 2.78 bits per heavy atom. The van der Waals surface area contributed by atoms with Crippen LogP contribution in [0.4, 0.5) is 0 Å². The third kappa shape index (κ3) is 3.42. The number of nitrogens with one attached hydrogen (secondary N) is 1. The monoisotopic (exact) mass is 353 g/mol. The fraction of sp³-hybridized carbons (Fsp3) is 0.0455. The molecule has 2 aromatic carbocycles. The van der Waals surface area contributed by atoms with Gasteiger partial charge in [0.15, 0.2) is 5.76 Å². The Labute approximate surface area is 155 Å². The Kier molecular flexibility index (Phi) is 4.38. The standard InChI is InChI=1S/C22H15N3O2/c23-13-15-5-3-6-16(11-15)14-24-22(26)18-12-20(21-9-4-10-27-21)25-19-8-2-1-7-17(18)19/h1-12H,14H2,(H,24,26). The minimum absolute atomic E-state index is 0.205. The quantitative estimate of drug-likeness (QED) is 0.593. The largest absolute Gasteiger partial charge is 0.463 e. The van der Waals surface area contributed by atoms with E-state index in [1.54, 1.807) is 36.6 Å². The molecule has 0 atom stereocenters. The molecule has 0 fully saturated rings. The third-order valence-corrected chi connectivity index (χ3v) is 4.24. The highest BCUT2D eigenvalue weighted by Gasteiger charge is 2.14. The summed E-state index contributed by atoms with van der Waals surface area (Å²) in [6, 6.07) is 22.1. The predicted octanol–water partition coefficient (Wildman–Crippen LogP) is 4.30. The number of amides is 1. The molecular formula is C22H15N3O2. The maximum absolute atomic E-state index is 12.9. The number of para-hydroxylation sites is 1. The van der Waals surface area contributed by atoms with Crippen LogP contribution in [0.25, 0.3) is 22.4 Å². The first-order valence-corrected chi connectivity index (χ1v) is 8.45. The van der Waals surface area contributed by atoms with E-state index < -0.39 is 0 Å². The summed E-state index contributed by atoms with van der Waals surface area (Å²) >= 11 is 0. The van der Waals surface area contributed by atoms with Gasteiger partial charge in [-0.3, -0.25) is 4.79 Å². The Balaban J connectivity index is 1.67. The van der Waals surface area contributed by atoms with Crippen LogP contribution < -0.4 is 5.32 Å². The van der Waals surface area contributed by atoms with E-state index in [-0.39, 0.29) is 5.91 Å². The van der Waals surface area contributed by atoms with Crippen LogP contribution in [0.5, 0.6) is 0 Å². The normalized spacial score (nSPS) is 10.5. The summed E-state index contributed by atoms with van der Waals surface area (Å²) in [5.74, 6) is 0.403. The highest BCUT2D eigenvalue weighted by molar-refractivity contribution is 6.07. The molecule has 5 heteroatoms. The van der Waals surface area contributed by atoms with Gasteiger partial charge in [0.1, 0.15) is 5.69 Å². The molecule has 0 radical (unpaired) electrons. The number of pyridine rings is 1. The molecule has 1 amide bonds. The van der Waals surface area contributed by atoms with Crippen LogP contribution in [0.15, 0.2) is 77.4 Å². The van der Waals surface area contributed by atoms with E-state index >= 15 is 0 Å². The molecule has 0 aliphatic heterocycles. The number of nitrogens with zero attached hydrogens (tertiary/aromatic N) is 2. The molecule has 0 saturated heterocycles. The van der Waals surface area contributed by atoms with Crippen molar-refractivity contribution in [3.63, 3.8) is 0 Å². The molecule has 130 valence electrons. The zero-order valence-corrected chi connectivity index (χ0v) is 14.3. The molecule has 5 nitrogen and oxygen atoms in total. The summed E-state index contributed by atoms with van der Waals surface area (Å²) in [7, 11) is 0. The van der Waals surface area contributed by atoms with Gasteiger partial charge >= 0.3 is 0 Å². The number of carbonyl (C=O) groups is 1. The molecule has 2 heterocycles. The summed E-state index contributed by atoms with van der Waals surface area (Å²) in [5.41, 5.74) is 3.30. The molecule has 0 saturated carbocycles. The second kappa shape index (κ2) is 7.14. The van der Waals surface area contributed by atoms with E-state index in [0.29, 0.717) is 29.1 Å². The summed E-state index contributed by atoms with van der Waals surface area (Å²) in [4.78, 5) is 17.5. The van der Waals surface area contributed by atoms with Gasteiger partial charge in [-0.15, -0.1) is 0 Å². The highest BCUT2D eigenvalue weighted by atomic mass is 16.3. The van der Waals surface area contributed by atoms with Crippen molar-refractivity contribution in [2.75, 3.05) is 0 Å². The summed E-state index contributed by atoms with van der Waals surface area (Å²) in [5, 5.41) is 12.7. The number of nitriles is 1. The molecule has 2 aromatic heterocycles. The van der Waals surface area contributed by atoms with Gasteiger partial charge in [-0.05, 0) is 42.0 Å². The number of benzene rings is 2. The number of furan rings is 1. The molecule has 0 spiro atoms. The average molecular weight is 353 g/mol. The number of hydrogen-bond donors (Lipinski definition) is 1. The second-order valence-electron chi connectivity index (χ2n) is 6.04. The smallest absolute Gasteiger partial charge is 0.252 e. The lowest BCUT2D eigenvalue weighted by Crippen LogP contribution is -2.23. The topological polar surface area (TPSA) is 78.9 Å². The number of carbonyl (C=O) groups excluding carboxylic acids is 1. The average Bonchev–Trinajstić information content (AvgIpc) is 3.26. The van der Waals surface area contributed by atoms with Crippen LogP contribution in [-0.4, -0.2) is 10.9 Å². The van der Waals surface area contributed by atoms with Gasteiger partial charge in [0.25, 0.3) is 5.91 Å². The Morgan fingerprint density at radius 2 is 1.96 bits per heavy atom. The Hall–Kier alpha value is -3.91. The Morgan fingerprint density at radius 1 is 1.07 bits per heavy atom. The van der Waals surface area contributed by atoms with Crippen molar-refractivity contribution < 1.29 is 9.21 Å². The number of fused-ring (bicyclic) bond motifs is 1. The SMILES string of the molecule is N#Cc1cccc(CNC(=O)c2cc(-c3ccco3)nc3ccccc23)c1. The first-order chi connectivity index (χ1) is 13.2. The lowest BCUT2D eigenvalue weighted by Gasteiger charge is -2.10. The number of rotatable bonds is 4. The molecule has 4 rings (SSSR count). The lowest BCUT2D eigenvalue weighted by molar-refractivity contribution is 0.0952. The lowest BCUT2D eigenvalue weighted by atomic mass is 10.1. The fourth-order valence-electron chi connectivity index (χ4n) is 2.94. The van der Waals surface area contributed by atoms with Gasteiger partial charge < -0.3 is 9.73 Å². The molecular weight excluding hydrogens is 338 g/mol. The molecule has 27 heavy (non-hydrogen) atoms. The maximum atomic E-state index is 12.9. The van der Waals surface area contributed by atoms with E-state index in [1.165, 1.54) is 0 Å². The molecule has 0 aliphatic rings. The van der Waals surface area contributed by atoms with E-state index in [1.807, 2.05) is 36.4 Å². The Bertz CT molecular complexity index is 1160. The van der Waals surface area contributed by atoms with E-state index in [0.717, 1.165) is 16.5 Å². The van der Waals surface area contributed by atoms with Crippen molar-refractivity contribution in [3.8, 4) is 17.5 Å². The van der Waals surface area contributed by atoms with Crippen LogP contribution in [0.2, 0.25) is 0 Å². The van der Waals surface area contributed by atoms with Crippen molar-refractivity contribution in [2.45, 2.75) is 6.54 Å². The summed E-state index contributed by atoms with van der Waals surface area (Å²) in [6.07, 6.45) is 1.58. The van der Waals surface area contributed by atoms with Gasteiger partial charge in [0.2, 0.25) is 0 Å².